The number of carbonyl (C=O) groups excluding carboxylic acids is 1. The lowest BCUT2D eigenvalue weighted by Crippen LogP contribution is -2.27. The molecular weight excluding hydrogens is 281 g/mol. The van der Waals surface area contributed by atoms with Gasteiger partial charge in [0.25, 0.3) is 15.0 Å². The summed E-state index contributed by atoms with van der Waals surface area (Å²) in [5.41, 5.74) is -0.309. The van der Waals surface area contributed by atoms with Crippen molar-refractivity contribution in [1.29, 1.82) is 0 Å². The first kappa shape index (κ1) is 13.3. The SMILES string of the molecule is CC1CC1NC(=O)c1cc(S(=O)(=O)Cl)ccc1F. The number of amides is 1. The lowest BCUT2D eigenvalue weighted by atomic mass is 10.2. The van der Waals surface area contributed by atoms with Gasteiger partial charge in [-0.1, -0.05) is 6.92 Å². The first-order valence-electron chi connectivity index (χ1n) is 5.34. The Hall–Kier alpha value is -1.14. The van der Waals surface area contributed by atoms with E-state index in [2.05, 4.69) is 5.32 Å². The molecule has 1 N–H and O–H groups in total. The molecule has 0 saturated heterocycles. The van der Waals surface area contributed by atoms with Crippen molar-refractivity contribution in [1.82, 2.24) is 5.32 Å². The van der Waals surface area contributed by atoms with Crippen LogP contribution < -0.4 is 5.32 Å². The summed E-state index contributed by atoms with van der Waals surface area (Å²) in [4.78, 5) is 11.5. The highest BCUT2D eigenvalue weighted by Gasteiger charge is 2.34. The summed E-state index contributed by atoms with van der Waals surface area (Å²) in [5.74, 6) is -1.02. The maximum atomic E-state index is 13.5. The number of hydrogen-bond acceptors (Lipinski definition) is 3. The van der Waals surface area contributed by atoms with Crippen molar-refractivity contribution in [2.75, 3.05) is 0 Å². The lowest BCUT2D eigenvalue weighted by molar-refractivity contribution is 0.0945. The van der Waals surface area contributed by atoms with Crippen molar-refractivity contribution in [3.05, 3.63) is 29.6 Å². The number of halogens is 2. The van der Waals surface area contributed by atoms with Gasteiger partial charge in [-0.25, -0.2) is 12.8 Å². The molecule has 0 radical (unpaired) electrons. The Morgan fingerprint density at radius 1 is 1.50 bits per heavy atom. The Morgan fingerprint density at radius 2 is 2.11 bits per heavy atom. The van der Waals surface area contributed by atoms with Gasteiger partial charge in [-0.3, -0.25) is 4.79 Å². The molecule has 98 valence electrons. The molecule has 2 rings (SSSR count). The molecule has 1 aromatic rings. The highest BCUT2D eigenvalue weighted by atomic mass is 35.7. The van der Waals surface area contributed by atoms with Crippen LogP contribution in [0.15, 0.2) is 23.1 Å². The van der Waals surface area contributed by atoms with E-state index >= 15 is 0 Å². The predicted molar refractivity (Wildman–Crippen MR) is 64.5 cm³/mol. The number of hydrogen-bond donors (Lipinski definition) is 1. The Kier molecular flexibility index (Phi) is 3.33. The van der Waals surface area contributed by atoms with Gasteiger partial charge in [0.05, 0.1) is 10.5 Å². The molecule has 2 unspecified atom stereocenters. The van der Waals surface area contributed by atoms with E-state index in [0.717, 1.165) is 24.6 Å². The van der Waals surface area contributed by atoms with Crippen molar-refractivity contribution in [3.8, 4) is 0 Å². The molecule has 4 nitrogen and oxygen atoms in total. The zero-order valence-corrected chi connectivity index (χ0v) is 11.1. The molecule has 0 bridgehead atoms. The van der Waals surface area contributed by atoms with E-state index in [9.17, 15) is 17.6 Å². The van der Waals surface area contributed by atoms with E-state index in [0.29, 0.717) is 5.92 Å². The first-order chi connectivity index (χ1) is 8.29. The molecule has 7 heteroatoms. The summed E-state index contributed by atoms with van der Waals surface area (Å²) in [6.07, 6.45) is 0.848. The standard InChI is InChI=1S/C11H11ClFNO3S/c1-6-4-10(6)14-11(15)8-5-7(18(12,16)17)2-3-9(8)13/h2-3,5-6,10H,4H2,1H3,(H,14,15). The third-order valence-electron chi connectivity index (χ3n) is 2.89. The summed E-state index contributed by atoms with van der Waals surface area (Å²) in [6, 6.07) is 2.92. The summed E-state index contributed by atoms with van der Waals surface area (Å²) in [7, 11) is 1.17. The molecule has 1 amide bonds. The smallest absolute Gasteiger partial charge is 0.261 e. The zero-order valence-electron chi connectivity index (χ0n) is 9.48. The van der Waals surface area contributed by atoms with Crippen LogP contribution in [0.5, 0.6) is 0 Å². The third kappa shape index (κ3) is 2.81. The van der Waals surface area contributed by atoms with Crippen LogP contribution in [0.1, 0.15) is 23.7 Å². The van der Waals surface area contributed by atoms with E-state index in [4.69, 9.17) is 10.7 Å². The number of carbonyl (C=O) groups is 1. The van der Waals surface area contributed by atoms with Crippen molar-refractivity contribution in [3.63, 3.8) is 0 Å². The molecule has 0 spiro atoms. The summed E-state index contributed by atoms with van der Waals surface area (Å²) in [5, 5.41) is 2.62. The molecule has 0 heterocycles. The maximum Gasteiger partial charge on any atom is 0.261 e. The van der Waals surface area contributed by atoms with E-state index in [1.807, 2.05) is 6.92 Å². The van der Waals surface area contributed by atoms with Gasteiger partial charge in [0, 0.05) is 16.7 Å². The highest BCUT2D eigenvalue weighted by molar-refractivity contribution is 8.13. The van der Waals surface area contributed by atoms with E-state index < -0.39 is 20.8 Å². The van der Waals surface area contributed by atoms with E-state index in [-0.39, 0.29) is 16.5 Å². The van der Waals surface area contributed by atoms with Gasteiger partial charge in [-0.2, -0.15) is 0 Å². The lowest BCUT2D eigenvalue weighted by Gasteiger charge is -2.06. The molecular formula is C11H11ClFNO3S. The van der Waals surface area contributed by atoms with E-state index in [1.54, 1.807) is 0 Å². The van der Waals surface area contributed by atoms with Crippen LogP contribution in [-0.2, 0) is 9.05 Å². The van der Waals surface area contributed by atoms with Gasteiger partial charge in [0.2, 0.25) is 0 Å². The topological polar surface area (TPSA) is 63.2 Å². The Morgan fingerprint density at radius 3 is 2.61 bits per heavy atom. The Bertz CT molecular complexity index is 602. The average molecular weight is 292 g/mol. The number of benzene rings is 1. The van der Waals surface area contributed by atoms with Crippen molar-refractivity contribution in [2.24, 2.45) is 5.92 Å². The van der Waals surface area contributed by atoms with Crippen LogP contribution in [-0.4, -0.2) is 20.4 Å². The minimum Gasteiger partial charge on any atom is -0.349 e. The molecule has 1 aromatic carbocycles. The molecule has 0 aromatic heterocycles. The zero-order chi connectivity index (χ0) is 13.5. The molecule has 0 aliphatic heterocycles. The molecule has 1 fully saturated rings. The monoisotopic (exact) mass is 291 g/mol. The van der Waals surface area contributed by atoms with Gasteiger partial charge < -0.3 is 5.32 Å². The first-order valence-corrected chi connectivity index (χ1v) is 7.65. The second kappa shape index (κ2) is 4.51. The van der Waals surface area contributed by atoms with Crippen LogP contribution in [0.3, 0.4) is 0 Å². The number of rotatable bonds is 3. The van der Waals surface area contributed by atoms with Gasteiger partial charge in [0.1, 0.15) is 5.82 Å². The normalized spacial score (nSPS) is 22.6. The molecule has 1 saturated carbocycles. The van der Waals surface area contributed by atoms with Gasteiger partial charge in [0.15, 0.2) is 0 Å². The highest BCUT2D eigenvalue weighted by Crippen LogP contribution is 2.29. The van der Waals surface area contributed by atoms with E-state index in [1.165, 1.54) is 0 Å². The Balaban J connectivity index is 2.29. The van der Waals surface area contributed by atoms with Crippen LogP contribution in [0.4, 0.5) is 4.39 Å². The van der Waals surface area contributed by atoms with Crippen molar-refractivity contribution in [2.45, 2.75) is 24.3 Å². The molecule has 18 heavy (non-hydrogen) atoms. The second-order valence-electron chi connectivity index (χ2n) is 4.37. The summed E-state index contributed by atoms with van der Waals surface area (Å²) in [6.45, 7) is 1.96. The minimum atomic E-state index is -3.97. The second-order valence-corrected chi connectivity index (χ2v) is 6.94. The fourth-order valence-electron chi connectivity index (χ4n) is 1.60. The molecule has 2 atom stereocenters. The van der Waals surface area contributed by atoms with Crippen LogP contribution in [0, 0.1) is 11.7 Å². The predicted octanol–water partition coefficient (Wildman–Crippen LogP) is 1.89. The minimum absolute atomic E-state index is 0.0353. The van der Waals surface area contributed by atoms with Crippen LogP contribution >= 0.6 is 10.7 Å². The third-order valence-corrected chi connectivity index (χ3v) is 4.24. The summed E-state index contributed by atoms with van der Waals surface area (Å²) < 4.78 is 35.7. The van der Waals surface area contributed by atoms with Gasteiger partial charge in [-0.15, -0.1) is 0 Å². The van der Waals surface area contributed by atoms with Gasteiger partial charge >= 0.3 is 0 Å². The fraction of sp³-hybridized carbons (Fsp3) is 0.364. The average Bonchev–Trinajstić information content (AvgIpc) is 2.92. The van der Waals surface area contributed by atoms with Gasteiger partial charge in [-0.05, 0) is 30.5 Å². The summed E-state index contributed by atoms with van der Waals surface area (Å²) >= 11 is 0. The maximum absolute atomic E-state index is 13.5. The van der Waals surface area contributed by atoms with Crippen LogP contribution in [0.2, 0.25) is 0 Å². The molecule has 1 aliphatic rings. The van der Waals surface area contributed by atoms with Crippen molar-refractivity contribution < 1.29 is 17.6 Å². The Labute approximate surface area is 109 Å². The van der Waals surface area contributed by atoms with Crippen molar-refractivity contribution >= 4 is 25.6 Å². The van der Waals surface area contributed by atoms with Crippen LogP contribution in [0.25, 0.3) is 0 Å². The number of nitrogens with one attached hydrogen (secondary N) is 1. The molecule has 1 aliphatic carbocycles. The quantitative estimate of drug-likeness (QED) is 0.865. The fourth-order valence-corrected chi connectivity index (χ4v) is 2.38. The largest absolute Gasteiger partial charge is 0.349 e.